The summed E-state index contributed by atoms with van der Waals surface area (Å²) in [5.74, 6) is -0.676. The van der Waals surface area contributed by atoms with Crippen LogP contribution in [0.25, 0.3) is 0 Å². The minimum atomic E-state index is -0.620. The van der Waals surface area contributed by atoms with Crippen molar-refractivity contribution in [2.24, 2.45) is 0 Å². The molecule has 2 amide bonds. The summed E-state index contributed by atoms with van der Waals surface area (Å²) in [6.07, 6.45) is 1.06. The molecule has 25 heavy (non-hydrogen) atoms. The maximum Gasteiger partial charge on any atom is 0.328 e. The summed E-state index contributed by atoms with van der Waals surface area (Å²) >= 11 is 0. The van der Waals surface area contributed by atoms with Crippen molar-refractivity contribution in [1.82, 2.24) is 10.6 Å². The molecule has 0 saturated carbocycles. The monoisotopic (exact) mass is 356 g/mol. The third-order valence-electron chi connectivity index (χ3n) is 2.26. The van der Waals surface area contributed by atoms with Gasteiger partial charge in [0, 0.05) is 20.4 Å². The van der Waals surface area contributed by atoms with Crippen LogP contribution in [0.2, 0.25) is 0 Å². The molecule has 142 valence electrons. The second-order valence-corrected chi connectivity index (χ2v) is 3.98. The lowest BCUT2D eigenvalue weighted by Crippen LogP contribution is -2.41. The van der Waals surface area contributed by atoms with Crippen LogP contribution >= 0.6 is 0 Å². The first-order chi connectivity index (χ1) is 12.0. The van der Waals surface area contributed by atoms with E-state index < -0.39 is 12.0 Å². The average Bonchev–Trinajstić information content (AvgIpc) is 2.63. The van der Waals surface area contributed by atoms with Gasteiger partial charge < -0.3 is 20.5 Å². The van der Waals surface area contributed by atoms with Gasteiger partial charge in [-0.3, -0.25) is 14.4 Å². The van der Waals surface area contributed by atoms with Crippen LogP contribution in [0.1, 0.15) is 26.3 Å². The zero-order valence-corrected chi connectivity index (χ0v) is 15.3. The number of hydrogen-bond donors (Lipinski definition) is 3. The highest BCUT2D eigenvalue weighted by molar-refractivity contribution is 5.83. The zero-order chi connectivity index (χ0) is 20.1. The molecule has 0 saturated heterocycles. The summed E-state index contributed by atoms with van der Waals surface area (Å²) in [6, 6.07) is 8.85. The molecule has 1 rings (SSSR count). The van der Waals surface area contributed by atoms with Crippen LogP contribution < -0.4 is 10.6 Å². The highest BCUT2D eigenvalue weighted by Gasteiger charge is 2.20. The van der Waals surface area contributed by atoms with E-state index in [-0.39, 0.29) is 12.4 Å². The number of benzene rings is 1. The Morgan fingerprint density at radius 3 is 1.96 bits per heavy atom. The summed E-state index contributed by atoms with van der Waals surface area (Å²) in [5.41, 5.74) is 0.978. The van der Waals surface area contributed by atoms with Crippen molar-refractivity contribution in [2.75, 3.05) is 14.2 Å². The molecule has 3 N–H and O–H groups in total. The molecular weight excluding hydrogens is 328 g/mol. The summed E-state index contributed by atoms with van der Waals surface area (Å²) in [6.45, 7) is 5.13. The number of carbonyl (C=O) groups is 4. The molecule has 0 spiro atoms. The van der Waals surface area contributed by atoms with E-state index in [2.05, 4.69) is 15.4 Å². The number of ether oxygens (including phenoxy) is 1. The van der Waals surface area contributed by atoms with Crippen LogP contribution in [0.5, 0.6) is 0 Å². The summed E-state index contributed by atoms with van der Waals surface area (Å²) in [7, 11) is 2.87. The van der Waals surface area contributed by atoms with Gasteiger partial charge in [0.1, 0.15) is 6.04 Å². The molecule has 1 aromatic rings. The van der Waals surface area contributed by atoms with Gasteiger partial charge in [-0.1, -0.05) is 44.2 Å². The first-order valence-electron chi connectivity index (χ1n) is 7.54. The maximum absolute atomic E-state index is 11.4. The van der Waals surface area contributed by atoms with Gasteiger partial charge in [-0.05, 0) is 5.56 Å². The van der Waals surface area contributed by atoms with Crippen LogP contribution in [0.3, 0.4) is 0 Å². The molecule has 0 aliphatic rings. The molecule has 0 bridgehead atoms. The largest absolute Gasteiger partial charge is 0.483 e. The minimum Gasteiger partial charge on any atom is -0.483 e. The third kappa shape index (κ3) is 19.1. The van der Waals surface area contributed by atoms with Crippen LogP contribution in [0, 0.1) is 0 Å². The number of amides is 2. The number of carbonyl (C=O) groups excluding carboxylic acids is 3. The molecule has 0 fully saturated rings. The van der Waals surface area contributed by atoms with Crippen molar-refractivity contribution in [3.8, 4) is 0 Å². The molecule has 0 aromatic heterocycles. The van der Waals surface area contributed by atoms with Gasteiger partial charge >= 0.3 is 5.97 Å². The zero-order valence-electron chi connectivity index (χ0n) is 15.3. The van der Waals surface area contributed by atoms with E-state index >= 15 is 0 Å². The highest BCUT2D eigenvalue weighted by atomic mass is 16.5. The Hall–Kier alpha value is -2.90. The van der Waals surface area contributed by atoms with E-state index in [1.54, 1.807) is 7.05 Å². The SMILES string of the molecule is CC.CNC=O.COC(=O)C(Cc1ccccc1)NC(C)=O.O=CO. The molecule has 0 heterocycles. The van der Waals surface area contributed by atoms with Crippen molar-refractivity contribution in [2.45, 2.75) is 33.2 Å². The van der Waals surface area contributed by atoms with E-state index in [9.17, 15) is 9.59 Å². The molecule has 8 nitrogen and oxygen atoms in total. The Balaban J connectivity index is -0.000000452. The van der Waals surface area contributed by atoms with Gasteiger partial charge in [-0.15, -0.1) is 0 Å². The maximum atomic E-state index is 11.4. The summed E-state index contributed by atoms with van der Waals surface area (Å²) in [5, 5.41) is 11.7. The van der Waals surface area contributed by atoms with E-state index in [1.165, 1.54) is 14.0 Å². The van der Waals surface area contributed by atoms with E-state index in [4.69, 9.17) is 14.7 Å². The van der Waals surface area contributed by atoms with Crippen LogP contribution in [0.15, 0.2) is 30.3 Å². The van der Waals surface area contributed by atoms with Crippen molar-refractivity contribution in [3.63, 3.8) is 0 Å². The molecule has 1 atom stereocenters. The highest BCUT2D eigenvalue weighted by Crippen LogP contribution is 2.04. The average molecular weight is 356 g/mol. The van der Waals surface area contributed by atoms with E-state index in [0.29, 0.717) is 12.8 Å². The quantitative estimate of drug-likeness (QED) is 0.534. The predicted molar refractivity (Wildman–Crippen MR) is 94.9 cm³/mol. The van der Waals surface area contributed by atoms with Gasteiger partial charge in [0.05, 0.1) is 7.11 Å². The summed E-state index contributed by atoms with van der Waals surface area (Å²) in [4.78, 5) is 39.8. The van der Waals surface area contributed by atoms with Gasteiger partial charge in [-0.2, -0.15) is 0 Å². The van der Waals surface area contributed by atoms with Crippen LogP contribution in [0.4, 0.5) is 0 Å². The number of hydrogen-bond acceptors (Lipinski definition) is 5. The van der Waals surface area contributed by atoms with E-state index in [1.807, 2.05) is 44.2 Å². The van der Waals surface area contributed by atoms with Gasteiger partial charge in [0.25, 0.3) is 6.47 Å². The van der Waals surface area contributed by atoms with Crippen LogP contribution in [-0.4, -0.2) is 50.1 Å². The number of rotatable bonds is 5. The Bertz CT molecular complexity index is 465. The Labute approximate surface area is 148 Å². The molecule has 8 heteroatoms. The van der Waals surface area contributed by atoms with Crippen molar-refractivity contribution < 1.29 is 29.0 Å². The smallest absolute Gasteiger partial charge is 0.328 e. The molecule has 1 unspecified atom stereocenters. The fraction of sp³-hybridized carbons (Fsp3) is 0.412. The van der Waals surface area contributed by atoms with Crippen molar-refractivity contribution >= 4 is 24.8 Å². The number of methoxy groups -OCH3 is 1. The normalized spacial score (nSPS) is 9.00. The molecule has 1 aromatic carbocycles. The first-order valence-corrected chi connectivity index (χ1v) is 7.54. The van der Waals surface area contributed by atoms with Crippen LogP contribution in [-0.2, 0) is 30.3 Å². The number of carboxylic acid groups (broad SMARTS) is 1. The van der Waals surface area contributed by atoms with Gasteiger partial charge in [0.15, 0.2) is 0 Å². The summed E-state index contributed by atoms with van der Waals surface area (Å²) < 4.78 is 4.63. The first kappa shape index (κ1) is 27.0. The minimum absolute atomic E-state index is 0.244. The topological polar surface area (TPSA) is 122 Å². The standard InChI is InChI=1S/C12H15NO3.C2H5NO.C2H6.CH2O2/c1-9(14)13-11(12(15)16-2)8-10-6-4-3-5-7-10;1-3-2-4;1-2;2-1-3/h3-7,11H,8H2,1-2H3,(H,13,14);2H,1H3,(H,3,4);1-2H3;1H,(H,2,3). The third-order valence-corrected chi connectivity index (χ3v) is 2.26. The van der Waals surface area contributed by atoms with E-state index in [0.717, 1.165) is 5.56 Å². The van der Waals surface area contributed by atoms with Gasteiger partial charge in [0.2, 0.25) is 12.3 Å². The lowest BCUT2D eigenvalue weighted by Gasteiger charge is -2.15. The lowest BCUT2D eigenvalue weighted by atomic mass is 10.1. The molecular formula is C17H28N2O6. The number of nitrogens with one attached hydrogen (secondary N) is 2. The van der Waals surface area contributed by atoms with Crippen molar-refractivity contribution in [1.29, 1.82) is 0 Å². The fourth-order valence-corrected chi connectivity index (χ4v) is 1.43. The Morgan fingerprint density at radius 2 is 1.64 bits per heavy atom. The molecule has 0 radical (unpaired) electrons. The predicted octanol–water partition coefficient (Wildman–Crippen LogP) is 0.996. The number of esters is 1. The van der Waals surface area contributed by atoms with Gasteiger partial charge in [-0.25, -0.2) is 4.79 Å². The Morgan fingerprint density at radius 1 is 1.20 bits per heavy atom. The van der Waals surface area contributed by atoms with Crippen molar-refractivity contribution in [3.05, 3.63) is 35.9 Å². The Kier molecular flexibility index (Phi) is 22.8. The fourth-order valence-electron chi connectivity index (χ4n) is 1.43. The molecule has 0 aliphatic heterocycles. The second-order valence-electron chi connectivity index (χ2n) is 3.98. The molecule has 0 aliphatic carbocycles. The second kappa shape index (κ2) is 21.1. The lowest BCUT2D eigenvalue weighted by molar-refractivity contribution is -0.144.